The second-order valence-electron chi connectivity index (χ2n) is 5.29. The zero-order valence-electron chi connectivity index (χ0n) is 11.0. The summed E-state index contributed by atoms with van der Waals surface area (Å²) in [5.74, 6) is -0.345. The van der Waals surface area contributed by atoms with Crippen LogP contribution in [0.4, 0.5) is 0 Å². The fourth-order valence-corrected chi connectivity index (χ4v) is 2.79. The van der Waals surface area contributed by atoms with E-state index >= 15 is 0 Å². The molecule has 4 nitrogen and oxygen atoms in total. The van der Waals surface area contributed by atoms with Gasteiger partial charge in [0.05, 0.1) is 5.92 Å². The Morgan fingerprint density at radius 1 is 1.21 bits per heavy atom. The maximum Gasteiger partial charge on any atom is 0.306 e. The second-order valence-corrected chi connectivity index (χ2v) is 5.29. The van der Waals surface area contributed by atoms with Crippen LogP contribution in [-0.4, -0.2) is 22.7 Å². The zero-order chi connectivity index (χ0) is 13.7. The maximum atomic E-state index is 11.2. The summed E-state index contributed by atoms with van der Waals surface area (Å²) in [6, 6.07) is 7.07. The maximum absolute atomic E-state index is 11.2. The standard InChI is InChI=1S/C15H21NO3/c17-13-7-5-11(6-8-13)9-16-10-12-3-1-2-4-14(12)15(18)19/h5-8,12,14,16-17H,1-4,9-10H2,(H,18,19). The summed E-state index contributed by atoms with van der Waals surface area (Å²) in [5.41, 5.74) is 1.10. The fraction of sp³-hybridized carbons (Fsp3) is 0.533. The van der Waals surface area contributed by atoms with Crippen molar-refractivity contribution in [2.75, 3.05) is 6.54 Å². The lowest BCUT2D eigenvalue weighted by Gasteiger charge is -2.28. The predicted molar refractivity (Wildman–Crippen MR) is 72.9 cm³/mol. The lowest BCUT2D eigenvalue weighted by molar-refractivity contribution is -0.144. The van der Waals surface area contributed by atoms with E-state index in [1.165, 1.54) is 0 Å². The molecule has 3 N–H and O–H groups in total. The molecule has 1 aromatic carbocycles. The summed E-state index contributed by atoms with van der Waals surface area (Å²) in [6.45, 7) is 1.46. The van der Waals surface area contributed by atoms with E-state index in [0.717, 1.165) is 37.8 Å². The van der Waals surface area contributed by atoms with Gasteiger partial charge in [0.1, 0.15) is 5.75 Å². The van der Waals surface area contributed by atoms with E-state index in [-0.39, 0.29) is 17.6 Å². The molecule has 1 aromatic rings. The highest BCUT2D eigenvalue weighted by Crippen LogP contribution is 2.29. The highest BCUT2D eigenvalue weighted by atomic mass is 16.4. The molecule has 1 fully saturated rings. The Labute approximate surface area is 113 Å². The van der Waals surface area contributed by atoms with E-state index in [2.05, 4.69) is 5.32 Å². The molecule has 0 amide bonds. The summed E-state index contributed by atoms with van der Waals surface area (Å²) in [6.07, 6.45) is 3.97. The Morgan fingerprint density at radius 3 is 2.58 bits per heavy atom. The van der Waals surface area contributed by atoms with Gasteiger partial charge >= 0.3 is 5.97 Å². The minimum atomic E-state index is -0.656. The Morgan fingerprint density at radius 2 is 1.89 bits per heavy atom. The van der Waals surface area contributed by atoms with Crippen molar-refractivity contribution in [3.05, 3.63) is 29.8 Å². The molecule has 104 valence electrons. The molecule has 2 atom stereocenters. The van der Waals surface area contributed by atoms with Gasteiger partial charge in [0, 0.05) is 6.54 Å². The van der Waals surface area contributed by atoms with Crippen LogP contribution in [0.25, 0.3) is 0 Å². The molecule has 0 aliphatic heterocycles. The van der Waals surface area contributed by atoms with Gasteiger partial charge in [-0.3, -0.25) is 4.79 Å². The van der Waals surface area contributed by atoms with Gasteiger partial charge in [0.25, 0.3) is 0 Å². The SMILES string of the molecule is O=C(O)C1CCCCC1CNCc1ccc(O)cc1. The summed E-state index contributed by atoms with van der Waals surface area (Å²) in [4.78, 5) is 11.2. The van der Waals surface area contributed by atoms with Crippen LogP contribution in [0.15, 0.2) is 24.3 Å². The minimum Gasteiger partial charge on any atom is -0.508 e. The largest absolute Gasteiger partial charge is 0.508 e. The van der Waals surface area contributed by atoms with Crippen molar-refractivity contribution in [1.82, 2.24) is 5.32 Å². The van der Waals surface area contributed by atoms with Crippen molar-refractivity contribution < 1.29 is 15.0 Å². The molecule has 0 radical (unpaired) electrons. The lowest BCUT2D eigenvalue weighted by atomic mass is 9.79. The predicted octanol–water partition coefficient (Wildman–Crippen LogP) is 2.37. The van der Waals surface area contributed by atoms with Crippen molar-refractivity contribution >= 4 is 5.97 Å². The van der Waals surface area contributed by atoms with Crippen molar-refractivity contribution in [3.63, 3.8) is 0 Å². The Bertz CT molecular complexity index is 416. The molecule has 0 saturated heterocycles. The average molecular weight is 263 g/mol. The van der Waals surface area contributed by atoms with Crippen LogP contribution in [0.3, 0.4) is 0 Å². The molecule has 4 heteroatoms. The van der Waals surface area contributed by atoms with Crippen LogP contribution >= 0.6 is 0 Å². The third-order valence-corrected chi connectivity index (χ3v) is 3.90. The van der Waals surface area contributed by atoms with E-state index in [1.54, 1.807) is 12.1 Å². The molecule has 0 heterocycles. The van der Waals surface area contributed by atoms with E-state index in [0.29, 0.717) is 6.54 Å². The second kappa shape index (κ2) is 6.57. The van der Waals surface area contributed by atoms with Crippen LogP contribution in [0.2, 0.25) is 0 Å². The van der Waals surface area contributed by atoms with Gasteiger partial charge in [-0.25, -0.2) is 0 Å². The first-order valence-corrected chi connectivity index (χ1v) is 6.88. The molecule has 1 aliphatic rings. The van der Waals surface area contributed by atoms with E-state index in [4.69, 9.17) is 0 Å². The number of carboxylic acids is 1. The van der Waals surface area contributed by atoms with Gasteiger partial charge in [-0.05, 0) is 43.0 Å². The number of phenols is 1. The first kappa shape index (κ1) is 13.9. The number of aliphatic carboxylic acids is 1. The third-order valence-electron chi connectivity index (χ3n) is 3.90. The monoisotopic (exact) mass is 263 g/mol. The van der Waals surface area contributed by atoms with E-state index in [1.807, 2.05) is 12.1 Å². The first-order valence-electron chi connectivity index (χ1n) is 6.88. The lowest BCUT2D eigenvalue weighted by Crippen LogP contribution is -2.34. The number of nitrogens with one attached hydrogen (secondary N) is 1. The molecular formula is C15H21NO3. The van der Waals surface area contributed by atoms with Crippen molar-refractivity contribution in [2.24, 2.45) is 11.8 Å². The third kappa shape index (κ3) is 3.96. The van der Waals surface area contributed by atoms with E-state index < -0.39 is 5.97 Å². The summed E-state index contributed by atoms with van der Waals surface area (Å²) in [7, 11) is 0. The zero-order valence-corrected chi connectivity index (χ0v) is 11.0. The number of aromatic hydroxyl groups is 1. The van der Waals surface area contributed by atoms with Crippen LogP contribution in [-0.2, 0) is 11.3 Å². The summed E-state index contributed by atoms with van der Waals surface area (Å²) < 4.78 is 0. The Hall–Kier alpha value is -1.55. The van der Waals surface area contributed by atoms with Gasteiger partial charge in [0.2, 0.25) is 0 Å². The van der Waals surface area contributed by atoms with Gasteiger partial charge in [0.15, 0.2) is 0 Å². The number of carboxylic acid groups (broad SMARTS) is 1. The fourth-order valence-electron chi connectivity index (χ4n) is 2.79. The molecule has 0 aromatic heterocycles. The quantitative estimate of drug-likeness (QED) is 0.763. The van der Waals surface area contributed by atoms with E-state index in [9.17, 15) is 15.0 Å². The van der Waals surface area contributed by atoms with Gasteiger partial charge in [-0.2, -0.15) is 0 Å². The van der Waals surface area contributed by atoms with Crippen LogP contribution < -0.4 is 5.32 Å². The summed E-state index contributed by atoms with van der Waals surface area (Å²) >= 11 is 0. The molecule has 2 unspecified atom stereocenters. The smallest absolute Gasteiger partial charge is 0.306 e. The number of phenolic OH excluding ortho intramolecular Hbond substituents is 1. The highest BCUT2D eigenvalue weighted by Gasteiger charge is 2.30. The average Bonchev–Trinajstić information content (AvgIpc) is 2.41. The van der Waals surface area contributed by atoms with Crippen LogP contribution in [0, 0.1) is 11.8 Å². The van der Waals surface area contributed by atoms with Gasteiger partial charge in [-0.1, -0.05) is 25.0 Å². The molecule has 19 heavy (non-hydrogen) atoms. The topological polar surface area (TPSA) is 69.6 Å². The van der Waals surface area contributed by atoms with Crippen molar-refractivity contribution in [3.8, 4) is 5.75 Å². The highest BCUT2D eigenvalue weighted by molar-refractivity contribution is 5.70. The van der Waals surface area contributed by atoms with Crippen molar-refractivity contribution in [2.45, 2.75) is 32.2 Å². The molecule has 1 saturated carbocycles. The van der Waals surface area contributed by atoms with Crippen LogP contribution in [0.1, 0.15) is 31.2 Å². The number of rotatable bonds is 5. The number of hydrogen-bond donors (Lipinski definition) is 3. The number of carbonyl (C=O) groups is 1. The van der Waals surface area contributed by atoms with Gasteiger partial charge in [-0.15, -0.1) is 0 Å². The molecule has 0 bridgehead atoms. The summed E-state index contributed by atoms with van der Waals surface area (Å²) in [5, 5.41) is 21.7. The van der Waals surface area contributed by atoms with Crippen molar-refractivity contribution in [1.29, 1.82) is 0 Å². The van der Waals surface area contributed by atoms with Crippen LogP contribution in [0.5, 0.6) is 5.75 Å². The number of benzene rings is 1. The first-order chi connectivity index (χ1) is 9.16. The molecular weight excluding hydrogens is 242 g/mol. The minimum absolute atomic E-state index is 0.193. The normalized spacial score (nSPS) is 23.2. The Balaban J connectivity index is 1.80. The molecule has 0 spiro atoms. The van der Waals surface area contributed by atoms with Gasteiger partial charge < -0.3 is 15.5 Å². The number of hydrogen-bond acceptors (Lipinski definition) is 3. The Kier molecular flexibility index (Phi) is 4.80. The molecule has 2 rings (SSSR count). The molecule has 1 aliphatic carbocycles.